The summed E-state index contributed by atoms with van der Waals surface area (Å²) < 4.78 is 6.85. The van der Waals surface area contributed by atoms with Crippen molar-refractivity contribution < 1.29 is 5.11 Å². The third-order valence-electron chi connectivity index (χ3n) is 2.47. The van der Waals surface area contributed by atoms with Gasteiger partial charge in [-0.25, -0.2) is 0 Å². The summed E-state index contributed by atoms with van der Waals surface area (Å²) in [5.74, 6) is 0.333. The average Bonchev–Trinajstić information content (AvgIpc) is 2.15. The highest BCUT2D eigenvalue weighted by atomic mass is 28.3. The first-order valence-corrected chi connectivity index (χ1v) is 6.96. The molecule has 0 saturated carbocycles. The summed E-state index contributed by atoms with van der Waals surface area (Å²) in [6.45, 7) is 0.846. The van der Waals surface area contributed by atoms with Crippen molar-refractivity contribution in [1.29, 1.82) is 0 Å². The Morgan fingerprint density at radius 2 is 1.65 bits per heavy atom. The van der Waals surface area contributed by atoms with Crippen LogP contribution in [-0.4, -0.2) is 63.3 Å². The van der Waals surface area contributed by atoms with E-state index in [4.69, 9.17) is 0 Å². The minimum atomic E-state index is -0.848. The van der Waals surface area contributed by atoms with E-state index in [0.29, 0.717) is 5.75 Å². The van der Waals surface area contributed by atoms with E-state index in [-0.39, 0.29) is 0 Å². The second kappa shape index (κ2) is 6.16. The maximum atomic E-state index is 9.45. The molecule has 0 saturated heterocycles. The summed E-state index contributed by atoms with van der Waals surface area (Å²) >= 11 is 0. The van der Waals surface area contributed by atoms with Gasteiger partial charge in [-0.05, 0) is 52.9 Å². The molecule has 0 aliphatic rings. The Bertz CT molecular complexity index is 349. The standard InChI is InChI=1S/C12H22N3OSi/c1-13(2)17(14(3)4)15(5)10-11-7-6-8-12(16)9-11/h6-9,16H,10H2,1-5H3. The Hall–Kier alpha value is -0.883. The van der Waals surface area contributed by atoms with Crippen LogP contribution < -0.4 is 0 Å². The Morgan fingerprint density at radius 1 is 1.06 bits per heavy atom. The molecule has 0 heterocycles. The first-order chi connectivity index (χ1) is 7.91. The van der Waals surface area contributed by atoms with E-state index in [2.05, 4.69) is 48.9 Å². The Kier molecular flexibility index (Phi) is 5.14. The first kappa shape index (κ1) is 14.2. The smallest absolute Gasteiger partial charge is 0.326 e. The third-order valence-corrected chi connectivity index (χ3v) is 4.91. The number of rotatable bonds is 5. The summed E-state index contributed by atoms with van der Waals surface area (Å²) in [4.78, 5) is 0. The fraction of sp³-hybridized carbons (Fsp3) is 0.500. The monoisotopic (exact) mass is 252 g/mol. The van der Waals surface area contributed by atoms with E-state index < -0.39 is 9.28 Å². The molecule has 1 rings (SSSR count). The van der Waals surface area contributed by atoms with E-state index in [1.54, 1.807) is 6.07 Å². The lowest BCUT2D eigenvalue weighted by Crippen LogP contribution is -2.56. The molecule has 1 aromatic carbocycles. The largest absolute Gasteiger partial charge is 0.508 e. The first-order valence-electron chi connectivity index (χ1n) is 5.62. The summed E-state index contributed by atoms with van der Waals surface area (Å²) in [5, 5.41) is 9.45. The second-order valence-corrected chi connectivity index (χ2v) is 7.77. The van der Waals surface area contributed by atoms with E-state index in [1.807, 2.05) is 18.2 Å². The predicted octanol–water partition coefficient (Wildman–Crippen LogP) is 0.932. The van der Waals surface area contributed by atoms with Gasteiger partial charge < -0.3 is 14.2 Å². The van der Waals surface area contributed by atoms with Crippen LogP contribution in [0.2, 0.25) is 0 Å². The SMILES string of the molecule is CN(C)[Si](N(C)C)N(C)Cc1cccc(O)c1. The van der Waals surface area contributed by atoms with Crippen molar-refractivity contribution in [3.8, 4) is 5.75 Å². The minimum Gasteiger partial charge on any atom is -0.508 e. The van der Waals surface area contributed by atoms with Crippen molar-refractivity contribution >= 4 is 9.28 Å². The summed E-state index contributed by atoms with van der Waals surface area (Å²) in [5.41, 5.74) is 1.14. The number of hydrogen-bond donors (Lipinski definition) is 1. The number of benzene rings is 1. The number of phenolic OH excluding ortho intramolecular Hbond substituents is 1. The topological polar surface area (TPSA) is 30.0 Å². The molecule has 0 atom stereocenters. The highest BCUT2D eigenvalue weighted by Gasteiger charge is 2.24. The zero-order valence-electron chi connectivity index (χ0n) is 11.3. The molecule has 1 aromatic rings. The van der Waals surface area contributed by atoms with Crippen molar-refractivity contribution in [2.75, 3.05) is 35.2 Å². The fourth-order valence-electron chi connectivity index (χ4n) is 2.08. The van der Waals surface area contributed by atoms with Gasteiger partial charge in [-0.2, -0.15) is 0 Å². The van der Waals surface area contributed by atoms with Gasteiger partial charge in [0.05, 0.1) is 0 Å². The van der Waals surface area contributed by atoms with E-state index in [0.717, 1.165) is 12.1 Å². The van der Waals surface area contributed by atoms with Crippen molar-refractivity contribution in [2.45, 2.75) is 6.54 Å². The van der Waals surface area contributed by atoms with Gasteiger partial charge in [-0.15, -0.1) is 0 Å². The lowest BCUT2D eigenvalue weighted by Gasteiger charge is -2.34. The number of hydrogen-bond acceptors (Lipinski definition) is 4. The fourth-order valence-corrected chi connectivity index (χ4v) is 4.57. The highest BCUT2D eigenvalue weighted by molar-refractivity contribution is 6.49. The second-order valence-electron chi connectivity index (χ2n) is 4.61. The van der Waals surface area contributed by atoms with Crippen LogP contribution in [0.4, 0.5) is 0 Å². The molecule has 1 N–H and O–H groups in total. The van der Waals surface area contributed by atoms with Crippen LogP contribution in [0.1, 0.15) is 5.56 Å². The van der Waals surface area contributed by atoms with Gasteiger partial charge in [0.1, 0.15) is 5.75 Å². The van der Waals surface area contributed by atoms with Crippen LogP contribution >= 0.6 is 0 Å². The van der Waals surface area contributed by atoms with Crippen LogP contribution in [0.25, 0.3) is 0 Å². The molecule has 0 aliphatic carbocycles. The number of aromatic hydroxyl groups is 1. The molecule has 0 spiro atoms. The van der Waals surface area contributed by atoms with Crippen LogP contribution in [0, 0.1) is 0 Å². The maximum Gasteiger partial charge on any atom is 0.326 e. The zero-order chi connectivity index (χ0) is 13.0. The van der Waals surface area contributed by atoms with Gasteiger partial charge in [0.15, 0.2) is 0 Å². The number of phenols is 1. The van der Waals surface area contributed by atoms with Crippen LogP contribution in [0.3, 0.4) is 0 Å². The molecule has 95 valence electrons. The van der Waals surface area contributed by atoms with Crippen LogP contribution in [0.5, 0.6) is 5.75 Å². The molecule has 0 amide bonds. The molecule has 4 nitrogen and oxygen atoms in total. The molecule has 0 aromatic heterocycles. The van der Waals surface area contributed by atoms with Gasteiger partial charge in [-0.3, -0.25) is 4.57 Å². The molecule has 1 radical (unpaired) electrons. The Balaban J connectivity index is 2.73. The summed E-state index contributed by atoms with van der Waals surface area (Å²) in [6, 6.07) is 7.45. The quantitative estimate of drug-likeness (QED) is 0.790. The highest BCUT2D eigenvalue weighted by Crippen LogP contribution is 2.13. The molecule has 0 fully saturated rings. The normalized spacial score (nSPS) is 12.1. The van der Waals surface area contributed by atoms with Gasteiger partial charge in [0, 0.05) is 6.54 Å². The molecule has 17 heavy (non-hydrogen) atoms. The molecule has 5 heteroatoms. The van der Waals surface area contributed by atoms with Gasteiger partial charge in [0.2, 0.25) is 0 Å². The lowest BCUT2D eigenvalue weighted by molar-refractivity contribution is 0.377. The van der Waals surface area contributed by atoms with Crippen LogP contribution in [-0.2, 0) is 6.54 Å². The van der Waals surface area contributed by atoms with Gasteiger partial charge >= 0.3 is 9.28 Å². The van der Waals surface area contributed by atoms with Gasteiger partial charge in [-0.1, -0.05) is 12.1 Å². The van der Waals surface area contributed by atoms with Crippen molar-refractivity contribution in [1.82, 2.24) is 13.7 Å². The minimum absolute atomic E-state index is 0.333. The zero-order valence-corrected chi connectivity index (χ0v) is 12.3. The molecular weight excluding hydrogens is 230 g/mol. The summed E-state index contributed by atoms with van der Waals surface area (Å²) in [6.07, 6.45) is 0. The Morgan fingerprint density at radius 3 is 2.12 bits per heavy atom. The summed E-state index contributed by atoms with van der Waals surface area (Å²) in [7, 11) is 9.69. The molecule has 0 aliphatic heterocycles. The van der Waals surface area contributed by atoms with E-state index in [1.165, 1.54) is 0 Å². The maximum absolute atomic E-state index is 9.45. The van der Waals surface area contributed by atoms with Crippen molar-refractivity contribution in [2.24, 2.45) is 0 Å². The molecular formula is C12H22N3OSi. The third kappa shape index (κ3) is 4.12. The Labute approximate surface area is 106 Å². The molecule has 0 unspecified atom stereocenters. The average molecular weight is 252 g/mol. The lowest BCUT2D eigenvalue weighted by atomic mass is 10.2. The molecule has 0 bridgehead atoms. The van der Waals surface area contributed by atoms with Crippen molar-refractivity contribution in [3.05, 3.63) is 29.8 Å². The van der Waals surface area contributed by atoms with Crippen molar-refractivity contribution in [3.63, 3.8) is 0 Å². The van der Waals surface area contributed by atoms with E-state index in [9.17, 15) is 5.11 Å². The predicted molar refractivity (Wildman–Crippen MR) is 72.7 cm³/mol. The van der Waals surface area contributed by atoms with Crippen LogP contribution in [0.15, 0.2) is 24.3 Å². The van der Waals surface area contributed by atoms with Gasteiger partial charge in [0.25, 0.3) is 0 Å². The van der Waals surface area contributed by atoms with E-state index >= 15 is 0 Å². The number of nitrogens with zero attached hydrogens (tertiary/aromatic N) is 3.